The van der Waals surface area contributed by atoms with Crippen LogP contribution in [0.5, 0.6) is 0 Å². The van der Waals surface area contributed by atoms with Gasteiger partial charge in [-0.1, -0.05) is 98.9 Å². The Balaban J connectivity index is 1.54. The number of ketones is 2. The quantitative estimate of drug-likeness (QED) is 0.112. The number of nitrogens with one attached hydrogen (secondary N) is 1. The van der Waals surface area contributed by atoms with E-state index in [1.54, 1.807) is 110 Å². The Kier molecular flexibility index (Phi) is 29.1. The first-order valence-corrected chi connectivity index (χ1v) is 27.8. The monoisotopic (exact) mass is 1140 g/mol. The molecule has 0 aromatic heterocycles. The van der Waals surface area contributed by atoms with Gasteiger partial charge in [-0.2, -0.15) is 0 Å². The largest absolute Gasteiger partial charge is 0.469 e. The molecule has 3 heterocycles. The topological polar surface area (TPSA) is 355 Å². The number of methoxy groups -OCH3 is 1. The number of hydrogen-bond donors (Lipinski definition) is 12. The molecule has 0 amide bonds. The molecule has 3 aliphatic rings. The molecule has 19 atom stereocenters. The second kappa shape index (κ2) is 34.5. The van der Waals surface area contributed by atoms with Crippen molar-refractivity contribution >= 4 is 29.2 Å². The Morgan fingerprint density at radius 3 is 1.93 bits per heavy atom. The van der Waals surface area contributed by atoms with Crippen molar-refractivity contribution in [1.29, 1.82) is 0 Å². The van der Waals surface area contributed by atoms with Crippen LogP contribution in [0, 0.1) is 17.8 Å². The fourth-order valence-corrected chi connectivity index (χ4v) is 10.2. The Morgan fingerprint density at radius 2 is 1.32 bits per heavy atom. The molecular formula is C60H88N2O19. The molecule has 2 fully saturated rings. The first kappa shape index (κ1) is 68.4. The standard InChI is InChI=1S/C60H88N2O19/c1-36-19-17-15-13-11-9-7-6-8-10-12-14-16-18-20-50(79-59-55(74)53(61)54(73)38(3)78-59)57-52(58(75)77-5)49(71)35-60(76,81-57)34-47(69)31-45(67)29-43(65)27-42(64)28-44(66)30-46(68)33-51(72)80-56(36)37(2)21-26-41(63)32-48(70)39-22-24-40(62-4)25-23-39/h6-19,22-25,36-38,41-43,45-47,49-50,52-57,59,62-65,67-69,71,73-74,76H,20-21,26-35,61H2,1-5H3/b7-6-,10-8+,11-9-,14-12+,15-13+,18-16+,19-17+/t36?,37?,38-,41?,42?,43?,45?,46?,47?,49?,50?,52?,53+,54-,55+,56?,57?,59?,60?/m1/s1. The van der Waals surface area contributed by atoms with Gasteiger partial charge in [0.1, 0.15) is 30.0 Å². The van der Waals surface area contributed by atoms with Crippen LogP contribution in [0.2, 0.25) is 0 Å². The number of aliphatic hydroxyl groups excluding tert-OH is 9. The van der Waals surface area contributed by atoms with E-state index in [-0.39, 0.29) is 36.9 Å². The number of hydrogen-bond acceptors (Lipinski definition) is 21. The highest BCUT2D eigenvalue weighted by molar-refractivity contribution is 5.96. The molecule has 1 aromatic rings. The molecule has 81 heavy (non-hydrogen) atoms. The number of ether oxygens (including phenoxy) is 5. The minimum Gasteiger partial charge on any atom is -0.469 e. The van der Waals surface area contributed by atoms with E-state index in [2.05, 4.69) is 5.32 Å². The third kappa shape index (κ3) is 23.2. The molecule has 2 bridgehead atoms. The lowest BCUT2D eigenvalue weighted by molar-refractivity contribution is -0.338. The van der Waals surface area contributed by atoms with Gasteiger partial charge in [-0.3, -0.25) is 19.2 Å². The molecule has 2 saturated heterocycles. The smallest absolute Gasteiger partial charge is 0.314 e. The number of allylic oxidation sites excluding steroid dienone is 12. The van der Waals surface area contributed by atoms with Gasteiger partial charge in [0.25, 0.3) is 0 Å². The van der Waals surface area contributed by atoms with E-state index < -0.39 is 172 Å². The molecule has 3 aliphatic heterocycles. The summed E-state index contributed by atoms with van der Waals surface area (Å²) >= 11 is 0. The SMILES string of the molecule is CNc1ccc(C(=O)CC(O)CCC(C)C2OC(=O)CC(O)CC(=O)CC(O)CC(O)CC(O)CC(O)CC3(O)CC(O)C(C(=O)OC)C(O3)C(OC3O[C@H](C)[C@@H](O)[C@H](N)[C@@H]3O)C/C=C/C=C/C=C/C=C\C=C/C=C/C=C/C2C)cc1. The molecule has 13 N–H and O–H groups in total. The summed E-state index contributed by atoms with van der Waals surface area (Å²) in [6, 6.07) is 5.72. The van der Waals surface area contributed by atoms with E-state index in [1.807, 2.05) is 19.9 Å². The van der Waals surface area contributed by atoms with Crippen LogP contribution in [0.15, 0.2) is 109 Å². The molecule has 4 rings (SSSR count). The zero-order valence-corrected chi connectivity index (χ0v) is 47.0. The first-order chi connectivity index (χ1) is 38.4. The van der Waals surface area contributed by atoms with E-state index in [0.29, 0.717) is 12.0 Å². The lowest BCUT2D eigenvalue weighted by Crippen LogP contribution is -2.63. The van der Waals surface area contributed by atoms with E-state index >= 15 is 0 Å². The predicted octanol–water partition coefficient (Wildman–Crippen LogP) is 2.83. The number of carbonyl (C=O) groups is 4. The second-order valence-corrected chi connectivity index (χ2v) is 21.6. The summed E-state index contributed by atoms with van der Waals surface area (Å²) in [5.41, 5.74) is 7.40. The summed E-state index contributed by atoms with van der Waals surface area (Å²) in [4.78, 5) is 52.5. The van der Waals surface area contributed by atoms with Crippen LogP contribution >= 0.6 is 0 Å². The average molecular weight is 1140 g/mol. The van der Waals surface area contributed by atoms with E-state index in [0.717, 1.165) is 12.8 Å². The zero-order chi connectivity index (χ0) is 59.8. The molecule has 0 radical (unpaired) electrons. The molecule has 0 saturated carbocycles. The lowest BCUT2D eigenvalue weighted by atomic mass is 9.82. The number of Topliss-reactive ketones (excluding diaryl/α,β-unsaturated/α-hetero) is 2. The van der Waals surface area contributed by atoms with Gasteiger partial charge >= 0.3 is 11.9 Å². The van der Waals surface area contributed by atoms with Crippen molar-refractivity contribution in [3.05, 3.63) is 115 Å². The Morgan fingerprint density at radius 1 is 0.753 bits per heavy atom. The number of benzene rings is 1. The number of fused-ring (bicyclic) bond motifs is 2. The molecule has 21 heteroatoms. The number of cyclic esters (lactones) is 1. The maximum atomic E-state index is 13.3. The van der Waals surface area contributed by atoms with Crippen LogP contribution in [0.1, 0.15) is 108 Å². The summed E-state index contributed by atoms with van der Waals surface area (Å²) in [6.07, 6.45) is 2.45. The summed E-state index contributed by atoms with van der Waals surface area (Å²) in [5.74, 6) is -7.06. The number of nitrogens with two attached hydrogens (primary N) is 1. The van der Waals surface area contributed by atoms with Crippen LogP contribution in [0.4, 0.5) is 5.69 Å². The normalized spacial score (nSPS) is 37.7. The van der Waals surface area contributed by atoms with Gasteiger partial charge in [-0.05, 0) is 75.6 Å². The minimum atomic E-state index is -2.36. The van der Waals surface area contributed by atoms with Crippen molar-refractivity contribution in [1.82, 2.24) is 0 Å². The zero-order valence-electron chi connectivity index (χ0n) is 47.0. The second-order valence-electron chi connectivity index (χ2n) is 21.6. The van der Waals surface area contributed by atoms with Crippen LogP contribution in [0.3, 0.4) is 0 Å². The molecule has 0 spiro atoms. The molecule has 1 aromatic carbocycles. The number of esters is 2. The summed E-state index contributed by atoms with van der Waals surface area (Å²) in [6.45, 7) is 5.22. The van der Waals surface area contributed by atoms with E-state index in [4.69, 9.17) is 29.4 Å². The van der Waals surface area contributed by atoms with Crippen molar-refractivity contribution in [3.8, 4) is 0 Å². The third-order valence-corrected chi connectivity index (χ3v) is 14.6. The first-order valence-electron chi connectivity index (χ1n) is 27.8. The maximum Gasteiger partial charge on any atom is 0.314 e. The van der Waals surface area contributed by atoms with Crippen molar-refractivity contribution in [2.45, 2.75) is 195 Å². The predicted molar refractivity (Wildman–Crippen MR) is 299 cm³/mol. The highest BCUT2D eigenvalue weighted by Crippen LogP contribution is 2.40. The summed E-state index contributed by atoms with van der Waals surface area (Å²) < 4.78 is 29.1. The Labute approximate surface area is 474 Å². The van der Waals surface area contributed by atoms with Crippen molar-refractivity contribution in [2.75, 3.05) is 19.5 Å². The molecule has 15 unspecified atom stereocenters. The number of rotatable bonds is 11. The molecule has 0 aliphatic carbocycles. The number of carbonyl (C=O) groups excluding carboxylic acids is 4. The molecule has 452 valence electrons. The van der Waals surface area contributed by atoms with Crippen LogP contribution < -0.4 is 11.1 Å². The van der Waals surface area contributed by atoms with Gasteiger partial charge in [0.05, 0.1) is 80.6 Å². The number of aliphatic hydroxyl groups is 10. The molecular weight excluding hydrogens is 1050 g/mol. The van der Waals surface area contributed by atoms with Gasteiger partial charge in [0.15, 0.2) is 17.9 Å². The van der Waals surface area contributed by atoms with Gasteiger partial charge < -0.3 is 85.8 Å². The Bertz CT molecular complexity index is 2320. The van der Waals surface area contributed by atoms with E-state index in [9.17, 15) is 70.2 Å². The average Bonchev–Trinajstić information content (AvgIpc) is 3.53. The minimum absolute atomic E-state index is 0.0754. The van der Waals surface area contributed by atoms with Gasteiger partial charge in [-0.15, -0.1) is 0 Å². The van der Waals surface area contributed by atoms with Gasteiger partial charge in [-0.25, -0.2) is 0 Å². The fourth-order valence-electron chi connectivity index (χ4n) is 10.2. The third-order valence-electron chi connectivity index (χ3n) is 14.6. The number of anilines is 1. The summed E-state index contributed by atoms with van der Waals surface area (Å²) in [7, 11) is 2.86. The van der Waals surface area contributed by atoms with Crippen LogP contribution in [-0.2, 0) is 38.1 Å². The van der Waals surface area contributed by atoms with Crippen molar-refractivity contribution in [3.63, 3.8) is 0 Å². The lowest BCUT2D eigenvalue weighted by Gasteiger charge is -2.48. The highest BCUT2D eigenvalue weighted by Gasteiger charge is 2.54. The fraction of sp³-hybridized carbons (Fsp3) is 0.600. The van der Waals surface area contributed by atoms with Crippen molar-refractivity contribution < 1.29 is 93.9 Å². The maximum absolute atomic E-state index is 13.3. The molecule has 21 nitrogen and oxygen atoms in total. The van der Waals surface area contributed by atoms with Crippen LogP contribution in [0.25, 0.3) is 0 Å². The Hall–Kier alpha value is -5.08. The van der Waals surface area contributed by atoms with Crippen LogP contribution in [-0.4, -0.2) is 186 Å². The van der Waals surface area contributed by atoms with E-state index in [1.165, 1.54) is 6.92 Å². The summed E-state index contributed by atoms with van der Waals surface area (Å²) in [5, 5.41) is 113. The van der Waals surface area contributed by atoms with Gasteiger partial charge in [0, 0.05) is 56.3 Å². The van der Waals surface area contributed by atoms with Crippen molar-refractivity contribution in [2.24, 2.45) is 23.5 Å². The van der Waals surface area contributed by atoms with Gasteiger partial charge in [0.2, 0.25) is 0 Å². The highest BCUT2D eigenvalue weighted by atomic mass is 16.7.